The number of carbonyl (C=O) groups is 3. The summed E-state index contributed by atoms with van der Waals surface area (Å²) in [5, 5.41) is 14.2. The Morgan fingerprint density at radius 1 is 1.00 bits per heavy atom. The number of hydrogen-bond donors (Lipinski definition) is 2. The highest BCUT2D eigenvalue weighted by molar-refractivity contribution is 5.90. The fourth-order valence-corrected chi connectivity index (χ4v) is 8.00. The summed E-state index contributed by atoms with van der Waals surface area (Å²) in [6.45, 7) is 1.48. The molecule has 11 nitrogen and oxygen atoms in total. The molecule has 50 heavy (non-hydrogen) atoms. The van der Waals surface area contributed by atoms with Gasteiger partial charge < -0.3 is 34.4 Å². The lowest BCUT2D eigenvalue weighted by Gasteiger charge is -2.30. The second-order valence-electron chi connectivity index (χ2n) is 14.7. The fourth-order valence-electron chi connectivity index (χ4n) is 8.00. The molecular formula is C39H48N4O7. The van der Waals surface area contributed by atoms with Crippen molar-refractivity contribution in [2.75, 3.05) is 33.8 Å². The predicted octanol–water partition coefficient (Wildman–Crippen LogP) is 5.01. The normalized spacial score (nSPS) is 25.8. The van der Waals surface area contributed by atoms with E-state index in [0.717, 1.165) is 78.4 Å². The minimum Gasteiger partial charge on any atom is -0.492 e. The second kappa shape index (κ2) is 14.8. The lowest BCUT2D eigenvalue weighted by atomic mass is 9.95. The topological polar surface area (TPSA) is 131 Å². The molecule has 2 aliphatic carbocycles. The average Bonchev–Trinajstić information content (AvgIpc) is 3.46. The quantitative estimate of drug-likeness (QED) is 0.330. The van der Waals surface area contributed by atoms with Crippen molar-refractivity contribution in [2.45, 2.75) is 88.5 Å². The van der Waals surface area contributed by atoms with E-state index in [0.29, 0.717) is 37.7 Å². The van der Waals surface area contributed by atoms with Crippen LogP contribution < -0.4 is 14.8 Å². The Hall–Kier alpha value is -4.38. The first-order chi connectivity index (χ1) is 24.2. The second-order valence-corrected chi connectivity index (χ2v) is 14.7. The zero-order valence-corrected chi connectivity index (χ0v) is 29.0. The van der Waals surface area contributed by atoms with Crippen LogP contribution in [0.5, 0.6) is 11.6 Å². The molecule has 0 spiro atoms. The molecule has 1 saturated heterocycles. The van der Waals surface area contributed by atoms with E-state index in [1.54, 1.807) is 0 Å². The molecule has 0 radical (unpaired) electrons. The average molecular weight is 685 g/mol. The first kappa shape index (κ1) is 34.1. The van der Waals surface area contributed by atoms with E-state index in [1.807, 2.05) is 62.6 Å². The summed E-state index contributed by atoms with van der Waals surface area (Å²) in [6, 6.07) is 13.8. The van der Waals surface area contributed by atoms with Gasteiger partial charge in [0.1, 0.15) is 30.0 Å². The Morgan fingerprint density at radius 2 is 1.76 bits per heavy atom. The minimum atomic E-state index is -1.11. The highest BCUT2D eigenvalue weighted by Gasteiger charge is 2.47. The number of aliphatic carboxylic acids is 1. The molecule has 3 aromatic rings. The van der Waals surface area contributed by atoms with Crippen molar-refractivity contribution >= 4 is 28.9 Å². The number of para-hydroxylation sites is 1. The maximum absolute atomic E-state index is 14.5. The molecule has 3 heterocycles. The minimum absolute atomic E-state index is 0.0559. The van der Waals surface area contributed by atoms with Gasteiger partial charge in [0.15, 0.2) is 0 Å². The Morgan fingerprint density at radius 3 is 2.52 bits per heavy atom. The Balaban J connectivity index is 1.21. The summed E-state index contributed by atoms with van der Waals surface area (Å²) >= 11 is 0. The number of alkyl carbamates (subject to hydrolysis) is 1. The van der Waals surface area contributed by atoms with Gasteiger partial charge in [-0.15, -0.1) is 0 Å². The molecule has 1 unspecified atom stereocenters. The number of nitrogens with zero attached hydrogens (tertiary/aromatic N) is 3. The first-order valence-electron chi connectivity index (χ1n) is 18.2. The Kier molecular flexibility index (Phi) is 10.1. The number of pyridine rings is 1. The van der Waals surface area contributed by atoms with Crippen molar-refractivity contribution < 1.29 is 33.7 Å². The van der Waals surface area contributed by atoms with E-state index >= 15 is 0 Å². The molecule has 1 saturated carbocycles. The number of carboxylic acids is 1. The molecule has 2 aromatic carbocycles. The number of nitrogens with one attached hydrogen (secondary N) is 1. The summed E-state index contributed by atoms with van der Waals surface area (Å²) < 4.78 is 19.0. The summed E-state index contributed by atoms with van der Waals surface area (Å²) in [4.78, 5) is 48.9. The fraction of sp³-hybridized carbons (Fsp3) is 0.538. The number of fused-ring (bicyclic) bond motifs is 6. The highest BCUT2D eigenvalue weighted by Crippen LogP contribution is 2.41. The molecule has 2 aliphatic heterocycles. The van der Waals surface area contributed by atoms with Gasteiger partial charge in [-0.1, -0.05) is 49.2 Å². The van der Waals surface area contributed by atoms with Gasteiger partial charge >= 0.3 is 12.1 Å². The van der Waals surface area contributed by atoms with Gasteiger partial charge in [0, 0.05) is 18.4 Å². The molecule has 1 aromatic heterocycles. The first-order valence-corrected chi connectivity index (χ1v) is 18.2. The van der Waals surface area contributed by atoms with Crippen LogP contribution in [0.15, 0.2) is 48.5 Å². The molecule has 266 valence electrons. The van der Waals surface area contributed by atoms with Gasteiger partial charge in [-0.3, -0.25) is 4.79 Å². The van der Waals surface area contributed by atoms with E-state index < -0.39 is 36.2 Å². The van der Waals surface area contributed by atoms with Gasteiger partial charge in [-0.05, 0) is 94.1 Å². The highest BCUT2D eigenvalue weighted by atomic mass is 16.6. The standard InChI is InChI=1S/C39H48N4O7/c1-42(2)17-10-18-48-35-29-14-8-9-16-31(29)40-36-30(35)15-5-3-4-13-26-21-33(26)50-39(47)41-34(27-19-24-11-6-7-12-25(24)20-27)37(44)43-23-28(49-36)22-32(43)38(45)46/h6-9,11-12,14,16,26-28,32-34H,3-5,10,13,15,17-23H2,1-2H3,(H,41,47)(H,45,46)/t26?,28-,32+,33-,34+/m1/s1. The smallest absolute Gasteiger partial charge is 0.408 e. The van der Waals surface area contributed by atoms with Crippen molar-refractivity contribution in [1.29, 1.82) is 0 Å². The van der Waals surface area contributed by atoms with E-state index in [4.69, 9.17) is 19.2 Å². The SMILES string of the molecule is CN(C)CCCOc1c2c(nc3ccccc13)O[C@@H]1C[C@@H](C(=O)O)N(C1)C(=O)[C@H](C1Cc3ccccc3C1)NC(=O)O[C@@H]1CC1CCCCC2. The number of aromatic nitrogens is 1. The zero-order valence-electron chi connectivity index (χ0n) is 29.0. The molecule has 4 aliphatic rings. The van der Waals surface area contributed by atoms with Crippen molar-refractivity contribution in [2.24, 2.45) is 11.8 Å². The number of hydrogen-bond acceptors (Lipinski definition) is 8. The lowest BCUT2D eigenvalue weighted by Crippen LogP contribution is -2.55. The van der Waals surface area contributed by atoms with Gasteiger partial charge in [-0.25, -0.2) is 14.6 Å². The van der Waals surface area contributed by atoms with Crippen LogP contribution in [0, 0.1) is 11.8 Å². The molecule has 5 atom stereocenters. The molecule has 2 bridgehead atoms. The number of rotatable bonds is 7. The predicted molar refractivity (Wildman–Crippen MR) is 187 cm³/mol. The molecule has 7 rings (SSSR count). The molecule has 2 fully saturated rings. The maximum atomic E-state index is 14.5. The van der Waals surface area contributed by atoms with Crippen LogP contribution in [0.3, 0.4) is 0 Å². The van der Waals surface area contributed by atoms with Crippen LogP contribution in [0.1, 0.15) is 61.6 Å². The van der Waals surface area contributed by atoms with Gasteiger partial charge in [0.25, 0.3) is 0 Å². The van der Waals surface area contributed by atoms with Gasteiger partial charge in [-0.2, -0.15) is 0 Å². The van der Waals surface area contributed by atoms with E-state index in [9.17, 15) is 19.5 Å². The number of ether oxygens (including phenoxy) is 3. The van der Waals surface area contributed by atoms with Crippen LogP contribution in [0.4, 0.5) is 4.79 Å². The third kappa shape index (κ3) is 7.52. The Labute approximate surface area is 293 Å². The van der Waals surface area contributed by atoms with E-state index in [-0.39, 0.29) is 25.0 Å². The molecule has 2 N–H and O–H groups in total. The summed E-state index contributed by atoms with van der Waals surface area (Å²) in [5.74, 6) is -0.269. The van der Waals surface area contributed by atoms with Crippen LogP contribution in [-0.2, 0) is 33.6 Å². The summed E-state index contributed by atoms with van der Waals surface area (Å²) in [7, 11) is 4.08. The van der Waals surface area contributed by atoms with Gasteiger partial charge in [0.2, 0.25) is 11.8 Å². The summed E-state index contributed by atoms with van der Waals surface area (Å²) in [5.41, 5.74) is 3.89. The van der Waals surface area contributed by atoms with Crippen LogP contribution >= 0.6 is 0 Å². The maximum Gasteiger partial charge on any atom is 0.408 e. The van der Waals surface area contributed by atoms with Crippen molar-refractivity contribution in [3.63, 3.8) is 0 Å². The Bertz CT molecular complexity index is 1700. The van der Waals surface area contributed by atoms with E-state index in [2.05, 4.69) is 10.2 Å². The van der Waals surface area contributed by atoms with Crippen LogP contribution in [0.2, 0.25) is 0 Å². The van der Waals surface area contributed by atoms with Crippen molar-refractivity contribution in [1.82, 2.24) is 20.1 Å². The van der Waals surface area contributed by atoms with Crippen molar-refractivity contribution in [3.05, 3.63) is 65.2 Å². The molecule has 11 heteroatoms. The number of benzene rings is 2. The third-order valence-corrected chi connectivity index (χ3v) is 10.7. The van der Waals surface area contributed by atoms with Gasteiger partial charge in [0.05, 0.1) is 24.2 Å². The van der Waals surface area contributed by atoms with E-state index in [1.165, 1.54) is 4.90 Å². The lowest BCUT2D eigenvalue weighted by molar-refractivity contribution is -0.149. The molecule has 2 amide bonds. The van der Waals surface area contributed by atoms with Crippen LogP contribution in [0.25, 0.3) is 10.9 Å². The monoisotopic (exact) mass is 684 g/mol. The van der Waals surface area contributed by atoms with Crippen LogP contribution in [-0.4, -0.2) is 95.9 Å². The largest absolute Gasteiger partial charge is 0.492 e. The zero-order chi connectivity index (χ0) is 34.8. The third-order valence-electron chi connectivity index (χ3n) is 10.7. The molecular weight excluding hydrogens is 636 g/mol. The van der Waals surface area contributed by atoms with Crippen molar-refractivity contribution in [3.8, 4) is 11.6 Å². The number of carboxylic acid groups (broad SMARTS) is 1. The number of carbonyl (C=O) groups excluding carboxylic acids is 2. The summed E-state index contributed by atoms with van der Waals surface area (Å²) in [6.07, 6.45) is 6.09. The number of amides is 2.